The third-order valence-corrected chi connectivity index (χ3v) is 4.45. The summed E-state index contributed by atoms with van der Waals surface area (Å²) >= 11 is 1.65. The molecule has 0 fully saturated rings. The van der Waals surface area contributed by atoms with Crippen molar-refractivity contribution in [3.63, 3.8) is 0 Å². The van der Waals surface area contributed by atoms with E-state index in [2.05, 4.69) is 6.07 Å². The number of furan rings is 1. The largest absolute Gasteiger partial charge is 0.461 e. The lowest BCUT2D eigenvalue weighted by Gasteiger charge is -1.93. The molecule has 3 rings (SSSR count). The second-order valence-corrected chi connectivity index (χ2v) is 5.56. The molecular formula is C14H14O2S. The molecule has 2 aromatic heterocycles. The Morgan fingerprint density at radius 2 is 2.12 bits per heavy atom. The normalized spacial score (nSPS) is 15.3. The van der Waals surface area contributed by atoms with Crippen LogP contribution in [0.5, 0.6) is 0 Å². The van der Waals surface area contributed by atoms with E-state index in [4.69, 9.17) is 4.42 Å². The van der Waals surface area contributed by atoms with E-state index in [0.29, 0.717) is 5.76 Å². The van der Waals surface area contributed by atoms with Gasteiger partial charge >= 0.3 is 0 Å². The van der Waals surface area contributed by atoms with Crippen LogP contribution >= 0.6 is 11.3 Å². The van der Waals surface area contributed by atoms with Gasteiger partial charge in [0.25, 0.3) is 0 Å². The Morgan fingerprint density at radius 1 is 1.24 bits per heavy atom. The van der Waals surface area contributed by atoms with Crippen LogP contribution in [-0.2, 0) is 12.8 Å². The van der Waals surface area contributed by atoms with Crippen molar-refractivity contribution in [2.24, 2.45) is 0 Å². The van der Waals surface area contributed by atoms with Gasteiger partial charge in [-0.05, 0) is 49.4 Å². The van der Waals surface area contributed by atoms with Crippen LogP contribution in [0.3, 0.4) is 0 Å². The molecule has 3 heteroatoms. The molecule has 1 aliphatic carbocycles. The van der Waals surface area contributed by atoms with Crippen LogP contribution in [0.4, 0.5) is 0 Å². The van der Waals surface area contributed by atoms with E-state index in [-0.39, 0.29) is 5.78 Å². The number of aryl methyl sites for hydroxylation is 2. The summed E-state index contributed by atoms with van der Waals surface area (Å²) in [6, 6.07) is 5.55. The zero-order valence-corrected chi connectivity index (χ0v) is 10.4. The minimum atomic E-state index is 0.0214. The molecule has 17 heavy (non-hydrogen) atoms. The molecule has 0 saturated heterocycles. The molecule has 88 valence electrons. The predicted octanol–water partition coefficient (Wildman–Crippen LogP) is 3.84. The Bertz CT molecular complexity index is 499. The zero-order chi connectivity index (χ0) is 11.7. The molecule has 2 heterocycles. The van der Waals surface area contributed by atoms with Crippen molar-refractivity contribution in [2.45, 2.75) is 32.1 Å². The van der Waals surface area contributed by atoms with Gasteiger partial charge in [0.2, 0.25) is 5.78 Å². The lowest BCUT2D eigenvalue weighted by Crippen LogP contribution is -1.95. The van der Waals surface area contributed by atoms with E-state index in [0.717, 1.165) is 17.7 Å². The van der Waals surface area contributed by atoms with Crippen molar-refractivity contribution < 1.29 is 9.21 Å². The first kappa shape index (κ1) is 10.8. The van der Waals surface area contributed by atoms with Crippen LogP contribution in [0.15, 0.2) is 28.9 Å². The molecule has 0 aliphatic heterocycles. The van der Waals surface area contributed by atoms with Crippen molar-refractivity contribution >= 4 is 17.1 Å². The first-order valence-electron chi connectivity index (χ1n) is 6.04. The van der Waals surface area contributed by atoms with Crippen LogP contribution in [-0.4, -0.2) is 5.78 Å². The summed E-state index contributed by atoms with van der Waals surface area (Å²) in [5, 5.41) is 0. The molecular weight excluding hydrogens is 232 g/mol. The number of fused-ring (bicyclic) bond motifs is 1. The molecule has 0 unspecified atom stereocenters. The highest BCUT2D eigenvalue weighted by molar-refractivity contribution is 7.14. The van der Waals surface area contributed by atoms with Gasteiger partial charge in [-0.1, -0.05) is 6.42 Å². The minimum absolute atomic E-state index is 0.0214. The number of carbonyl (C=O) groups is 1. The van der Waals surface area contributed by atoms with Crippen molar-refractivity contribution in [1.82, 2.24) is 0 Å². The second-order valence-electron chi connectivity index (χ2n) is 4.43. The SMILES string of the molecule is O=C(c1ccco1)c1cc2c(s1)CCCCC2. The highest BCUT2D eigenvalue weighted by Crippen LogP contribution is 2.30. The second kappa shape index (κ2) is 4.49. The maximum atomic E-state index is 12.1. The summed E-state index contributed by atoms with van der Waals surface area (Å²) in [7, 11) is 0. The summed E-state index contributed by atoms with van der Waals surface area (Å²) < 4.78 is 5.16. The van der Waals surface area contributed by atoms with Gasteiger partial charge in [0.15, 0.2) is 5.76 Å². The average Bonchev–Trinajstić information content (AvgIpc) is 2.95. The molecule has 0 amide bonds. The molecule has 0 spiro atoms. The molecule has 0 aromatic carbocycles. The van der Waals surface area contributed by atoms with Crippen LogP contribution in [0.25, 0.3) is 0 Å². The molecule has 0 radical (unpaired) electrons. The van der Waals surface area contributed by atoms with Gasteiger partial charge in [0.1, 0.15) is 0 Å². The van der Waals surface area contributed by atoms with Gasteiger partial charge in [0.05, 0.1) is 11.1 Å². The van der Waals surface area contributed by atoms with E-state index in [1.54, 1.807) is 29.7 Å². The van der Waals surface area contributed by atoms with E-state index in [1.807, 2.05) is 0 Å². The fourth-order valence-corrected chi connectivity index (χ4v) is 3.51. The molecule has 0 saturated carbocycles. The summed E-state index contributed by atoms with van der Waals surface area (Å²) in [5.74, 6) is 0.467. The van der Waals surface area contributed by atoms with Crippen molar-refractivity contribution in [3.8, 4) is 0 Å². The Morgan fingerprint density at radius 3 is 2.94 bits per heavy atom. The number of carbonyl (C=O) groups excluding carboxylic acids is 1. The number of rotatable bonds is 2. The van der Waals surface area contributed by atoms with Gasteiger partial charge < -0.3 is 4.42 Å². The summed E-state index contributed by atoms with van der Waals surface area (Å²) in [4.78, 5) is 14.4. The maximum Gasteiger partial charge on any atom is 0.238 e. The van der Waals surface area contributed by atoms with Gasteiger partial charge in [-0.15, -0.1) is 11.3 Å². The van der Waals surface area contributed by atoms with Crippen molar-refractivity contribution in [1.29, 1.82) is 0 Å². The number of hydrogen-bond donors (Lipinski definition) is 0. The fourth-order valence-electron chi connectivity index (χ4n) is 2.31. The van der Waals surface area contributed by atoms with Crippen LogP contribution in [0, 0.1) is 0 Å². The standard InChI is InChI=1S/C14H14O2S/c15-14(11-6-4-8-16-11)13-9-10-5-2-1-3-7-12(10)17-13/h4,6,8-9H,1-3,5,7H2. The fraction of sp³-hybridized carbons (Fsp3) is 0.357. The molecule has 2 nitrogen and oxygen atoms in total. The summed E-state index contributed by atoms with van der Waals surface area (Å²) in [5.41, 5.74) is 1.38. The Balaban J connectivity index is 1.92. The quantitative estimate of drug-likeness (QED) is 0.595. The molecule has 2 aromatic rings. The van der Waals surface area contributed by atoms with E-state index >= 15 is 0 Å². The van der Waals surface area contributed by atoms with E-state index < -0.39 is 0 Å². The minimum Gasteiger partial charge on any atom is -0.461 e. The number of ketones is 1. The first-order chi connectivity index (χ1) is 8.34. The molecule has 0 N–H and O–H groups in total. The lowest BCUT2D eigenvalue weighted by atomic mass is 10.1. The van der Waals surface area contributed by atoms with Crippen molar-refractivity contribution in [3.05, 3.63) is 45.5 Å². The van der Waals surface area contributed by atoms with Crippen LogP contribution in [0.1, 0.15) is 45.1 Å². The maximum absolute atomic E-state index is 12.1. The summed E-state index contributed by atoms with van der Waals surface area (Å²) in [6.45, 7) is 0. The molecule has 0 bridgehead atoms. The van der Waals surface area contributed by atoms with E-state index in [9.17, 15) is 4.79 Å². The van der Waals surface area contributed by atoms with Gasteiger partial charge in [-0.25, -0.2) is 0 Å². The lowest BCUT2D eigenvalue weighted by molar-refractivity contribution is 0.101. The van der Waals surface area contributed by atoms with Gasteiger partial charge in [0, 0.05) is 4.88 Å². The van der Waals surface area contributed by atoms with Gasteiger partial charge in [-0.3, -0.25) is 4.79 Å². The predicted molar refractivity (Wildman–Crippen MR) is 67.7 cm³/mol. The zero-order valence-electron chi connectivity index (χ0n) is 9.57. The smallest absolute Gasteiger partial charge is 0.238 e. The first-order valence-corrected chi connectivity index (χ1v) is 6.86. The van der Waals surface area contributed by atoms with Crippen LogP contribution in [0.2, 0.25) is 0 Å². The Labute approximate surface area is 104 Å². The Kier molecular flexibility index (Phi) is 2.85. The van der Waals surface area contributed by atoms with E-state index in [1.165, 1.54) is 29.7 Å². The number of hydrogen-bond acceptors (Lipinski definition) is 3. The average molecular weight is 246 g/mol. The van der Waals surface area contributed by atoms with Gasteiger partial charge in [-0.2, -0.15) is 0 Å². The monoisotopic (exact) mass is 246 g/mol. The third kappa shape index (κ3) is 2.07. The topological polar surface area (TPSA) is 30.2 Å². The summed E-state index contributed by atoms with van der Waals surface area (Å²) in [6.07, 6.45) is 7.61. The highest BCUT2D eigenvalue weighted by Gasteiger charge is 2.18. The highest BCUT2D eigenvalue weighted by atomic mass is 32.1. The Hall–Kier alpha value is -1.35. The molecule has 1 aliphatic rings. The molecule has 0 atom stereocenters. The van der Waals surface area contributed by atoms with Crippen molar-refractivity contribution in [2.75, 3.05) is 0 Å². The number of thiophene rings is 1. The van der Waals surface area contributed by atoms with Crippen LogP contribution < -0.4 is 0 Å². The third-order valence-electron chi connectivity index (χ3n) is 3.22.